The van der Waals surface area contributed by atoms with E-state index in [1.54, 1.807) is 13.8 Å². The van der Waals surface area contributed by atoms with Gasteiger partial charge in [-0.1, -0.05) is 6.07 Å². The molecule has 0 aliphatic carbocycles. The maximum absolute atomic E-state index is 13.6. The van der Waals surface area contributed by atoms with Crippen LogP contribution in [0.2, 0.25) is 0 Å². The zero-order chi connectivity index (χ0) is 26.7. The van der Waals surface area contributed by atoms with Gasteiger partial charge in [-0.3, -0.25) is 4.79 Å². The minimum absolute atomic E-state index is 0.107. The maximum atomic E-state index is 13.6. The first-order valence-electron chi connectivity index (χ1n) is 10.8. The lowest BCUT2D eigenvalue weighted by atomic mass is 9.83. The molecule has 12 heteroatoms. The standard InChI is InChI=1S/C24H23F3N6O3/c1-5-36-19-8-14(10-30-21(19)34)20-29-11-18(13(2)31-20)33-22(35)32-15-6-7-16(23(3,4)12-28)17(9-15)24(25,26)27/h6-11H,5H2,1-4H3,(H,30,34)(H2,32,33,35). The van der Waals surface area contributed by atoms with E-state index in [2.05, 4.69) is 25.6 Å². The molecule has 3 rings (SSSR count). The molecule has 0 saturated carbocycles. The van der Waals surface area contributed by atoms with Crippen LogP contribution in [0, 0.1) is 18.3 Å². The Labute approximate surface area is 204 Å². The lowest BCUT2D eigenvalue weighted by Gasteiger charge is -2.22. The Bertz CT molecular complexity index is 1390. The summed E-state index contributed by atoms with van der Waals surface area (Å²) >= 11 is 0. The monoisotopic (exact) mass is 500 g/mol. The van der Waals surface area contributed by atoms with E-state index >= 15 is 0 Å². The van der Waals surface area contributed by atoms with E-state index in [4.69, 9.17) is 4.74 Å². The highest BCUT2D eigenvalue weighted by Crippen LogP contribution is 2.39. The van der Waals surface area contributed by atoms with Gasteiger partial charge in [0.1, 0.15) is 0 Å². The first-order valence-corrected chi connectivity index (χ1v) is 10.8. The molecule has 188 valence electrons. The number of hydrogen-bond acceptors (Lipinski definition) is 6. The molecule has 0 unspecified atom stereocenters. The van der Waals surface area contributed by atoms with Crippen molar-refractivity contribution >= 4 is 17.4 Å². The van der Waals surface area contributed by atoms with Gasteiger partial charge in [-0.05, 0) is 51.5 Å². The van der Waals surface area contributed by atoms with Gasteiger partial charge in [0.2, 0.25) is 0 Å². The summed E-state index contributed by atoms with van der Waals surface area (Å²) in [6.07, 6.45) is -1.96. The summed E-state index contributed by atoms with van der Waals surface area (Å²) in [5, 5.41) is 14.1. The highest BCUT2D eigenvalue weighted by Gasteiger charge is 2.38. The number of amides is 2. The Hall–Kier alpha value is -4.40. The molecule has 36 heavy (non-hydrogen) atoms. The zero-order valence-corrected chi connectivity index (χ0v) is 19.9. The van der Waals surface area contributed by atoms with Crippen molar-refractivity contribution in [2.45, 2.75) is 39.3 Å². The molecule has 0 fully saturated rings. The molecule has 2 heterocycles. The third-order valence-electron chi connectivity index (χ3n) is 5.19. The first kappa shape index (κ1) is 26.2. The number of nitriles is 1. The number of nitrogens with zero attached hydrogens (tertiary/aromatic N) is 3. The fraction of sp³-hybridized carbons (Fsp3) is 0.292. The summed E-state index contributed by atoms with van der Waals surface area (Å²) in [5.74, 6) is 0.376. The number of carbonyl (C=O) groups excluding carboxylic acids is 1. The van der Waals surface area contributed by atoms with Gasteiger partial charge in [-0.25, -0.2) is 14.8 Å². The largest absolute Gasteiger partial charge is 0.488 e. The summed E-state index contributed by atoms with van der Waals surface area (Å²) < 4.78 is 46.1. The highest BCUT2D eigenvalue weighted by molar-refractivity contribution is 6.00. The van der Waals surface area contributed by atoms with E-state index in [9.17, 15) is 28.0 Å². The van der Waals surface area contributed by atoms with Crippen LogP contribution in [0.3, 0.4) is 0 Å². The zero-order valence-electron chi connectivity index (χ0n) is 19.9. The molecule has 3 N–H and O–H groups in total. The number of nitrogens with one attached hydrogen (secondary N) is 3. The number of H-pyrrole nitrogens is 1. The molecule has 0 atom stereocenters. The molecule has 0 radical (unpaired) electrons. The van der Waals surface area contributed by atoms with Crippen LogP contribution < -0.4 is 20.9 Å². The second-order valence-electron chi connectivity index (χ2n) is 8.28. The van der Waals surface area contributed by atoms with Gasteiger partial charge < -0.3 is 20.4 Å². The lowest BCUT2D eigenvalue weighted by Crippen LogP contribution is -2.23. The Kier molecular flexibility index (Phi) is 7.33. The number of aryl methyl sites for hydroxylation is 1. The van der Waals surface area contributed by atoms with Gasteiger partial charge >= 0.3 is 12.2 Å². The SMILES string of the molecule is CCOc1cc(-c2ncc(NC(=O)Nc3ccc(C(C)(C)C#N)c(C(F)(F)F)c3)c(C)n2)c[nH]c1=O. The number of carbonyl (C=O) groups is 1. The van der Waals surface area contributed by atoms with E-state index in [-0.39, 0.29) is 28.5 Å². The Morgan fingerprint density at radius 3 is 2.53 bits per heavy atom. The summed E-state index contributed by atoms with van der Waals surface area (Å²) in [6.45, 7) is 6.41. The average Bonchev–Trinajstić information content (AvgIpc) is 2.81. The van der Waals surface area contributed by atoms with Crippen LogP contribution in [-0.2, 0) is 11.6 Å². The fourth-order valence-corrected chi connectivity index (χ4v) is 3.33. The molecule has 1 aromatic carbocycles. The Morgan fingerprint density at radius 1 is 1.19 bits per heavy atom. The summed E-state index contributed by atoms with van der Waals surface area (Å²) in [7, 11) is 0. The molecule has 0 saturated heterocycles. The van der Waals surface area contributed by atoms with Crippen molar-refractivity contribution in [3.8, 4) is 23.2 Å². The van der Waals surface area contributed by atoms with Crippen molar-refractivity contribution in [1.82, 2.24) is 15.0 Å². The van der Waals surface area contributed by atoms with Crippen LogP contribution in [0.1, 0.15) is 37.6 Å². The number of ether oxygens (including phenoxy) is 1. The number of halogens is 3. The van der Waals surface area contributed by atoms with E-state index in [0.717, 1.165) is 6.07 Å². The van der Waals surface area contributed by atoms with Crippen LogP contribution in [0.25, 0.3) is 11.4 Å². The van der Waals surface area contributed by atoms with Crippen LogP contribution in [0.4, 0.5) is 29.3 Å². The van der Waals surface area contributed by atoms with Gasteiger partial charge in [0.25, 0.3) is 5.56 Å². The van der Waals surface area contributed by atoms with Crippen molar-refractivity contribution < 1.29 is 22.7 Å². The Morgan fingerprint density at radius 2 is 1.92 bits per heavy atom. The van der Waals surface area contributed by atoms with Gasteiger partial charge in [-0.15, -0.1) is 0 Å². The molecular formula is C24H23F3N6O3. The summed E-state index contributed by atoms with van der Waals surface area (Å²) in [4.78, 5) is 35.3. The number of aromatic nitrogens is 3. The van der Waals surface area contributed by atoms with Crippen LogP contribution in [0.5, 0.6) is 5.75 Å². The third kappa shape index (κ3) is 5.80. The quantitative estimate of drug-likeness (QED) is 0.436. The van der Waals surface area contributed by atoms with Gasteiger partial charge in [0.15, 0.2) is 11.6 Å². The molecule has 0 spiro atoms. The number of alkyl halides is 3. The van der Waals surface area contributed by atoms with Gasteiger partial charge in [-0.2, -0.15) is 18.4 Å². The first-order chi connectivity index (χ1) is 16.9. The van der Waals surface area contributed by atoms with Gasteiger partial charge in [0, 0.05) is 17.4 Å². The number of benzene rings is 1. The van der Waals surface area contributed by atoms with Crippen molar-refractivity contribution in [2.24, 2.45) is 0 Å². The number of anilines is 2. The number of hydrogen-bond donors (Lipinski definition) is 3. The molecule has 3 aromatic rings. The Balaban J connectivity index is 1.80. The molecule has 0 aliphatic rings. The highest BCUT2D eigenvalue weighted by atomic mass is 19.4. The molecular weight excluding hydrogens is 477 g/mol. The van der Waals surface area contributed by atoms with Crippen molar-refractivity contribution in [2.75, 3.05) is 17.2 Å². The van der Waals surface area contributed by atoms with E-state index in [1.165, 1.54) is 44.4 Å². The van der Waals surface area contributed by atoms with Crippen LogP contribution in [0.15, 0.2) is 41.5 Å². The lowest BCUT2D eigenvalue weighted by molar-refractivity contribution is -0.138. The predicted molar refractivity (Wildman–Crippen MR) is 127 cm³/mol. The maximum Gasteiger partial charge on any atom is 0.416 e. The predicted octanol–water partition coefficient (Wildman–Crippen LogP) is 5.00. The van der Waals surface area contributed by atoms with Crippen LogP contribution >= 0.6 is 0 Å². The minimum atomic E-state index is -4.72. The second-order valence-corrected chi connectivity index (χ2v) is 8.28. The van der Waals surface area contributed by atoms with Crippen LogP contribution in [-0.4, -0.2) is 27.6 Å². The topological polar surface area (TPSA) is 133 Å². The molecule has 9 nitrogen and oxygen atoms in total. The van der Waals surface area contributed by atoms with E-state index < -0.39 is 28.7 Å². The molecule has 2 amide bonds. The third-order valence-corrected chi connectivity index (χ3v) is 5.19. The smallest absolute Gasteiger partial charge is 0.416 e. The number of rotatable bonds is 6. The fourth-order valence-electron chi connectivity index (χ4n) is 3.33. The van der Waals surface area contributed by atoms with Crippen molar-refractivity contribution in [3.63, 3.8) is 0 Å². The molecule has 0 bridgehead atoms. The average molecular weight is 500 g/mol. The molecule has 2 aromatic heterocycles. The summed E-state index contributed by atoms with van der Waals surface area (Å²) in [6, 6.07) is 5.79. The summed E-state index contributed by atoms with van der Waals surface area (Å²) in [5.41, 5.74) is -2.00. The van der Waals surface area contributed by atoms with Crippen molar-refractivity contribution in [1.29, 1.82) is 5.26 Å². The van der Waals surface area contributed by atoms with E-state index in [0.29, 0.717) is 17.9 Å². The van der Waals surface area contributed by atoms with Gasteiger partial charge in [0.05, 0.1) is 41.2 Å². The number of urea groups is 1. The minimum Gasteiger partial charge on any atom is -0.488 e. The second kappa shape index (κ2) is 10.1. The number of pyridine rings is 1. The van der Waals surface area contributed by atoms with E-state index in [1.807, 2.05) is 6.07 Å². The molecule has 0 aliphatic heterocycles. The number of aromatic amines is 1. The normalized spacial score (nSPS) is 11.5. The van der Waals surface area contributed by atoms with Crippen molar-refractivity contribution in [3.05, 3.63) is 63.8 Å².